The Morgan fingerprint density at radius 2 is 1.93 bits per heavy atom. The minimum absolute atomic E-state index is 0.000587. The molecular formula is C22H25N3O2. The predicted molar refractivity (Wildman–Crippen MR) is 108 cm³/mol. The van der Waals surface area contributed by atoms with Crippen molar-refractivity contribution in [2.24, 2.45) is 0 Å². The topological polar surface area (TPSA) is 48.6 Å². The summed E-state index contributed by atoms with van der Waals surface area (Å²) in [5.41, 5.74) is 5.15. The molecule has 0 radical (unpaired) electrons. The van der Waals surface area contributed by atoms with Crippen LogP contribution in [0.2, 0.25) is 0 Å². The summed E-state index contributed by atoms with van der Waals surface area (Å²) >= 11 is 0. The molecule has 2 aromatic carbocycles. The molecule has 0 saturated carbocycles. The molecule has 4 rings (SSSR count). The third kappa shape index (κ3) is 3.69. The lowest BCUT2D eigenvalue weighted by Crippen LogP contribution is -2.37. The van der Waals surface area contributed by atoms with E-state index in [-0.39, 0.29) is 5.91 Å². The van der Waals surface area contributed by atoms with Gasteiger partial charge >= 0.3 is 0 Å². The number of aromatic nitrogens is 1. The number of carbonyl (C=O) groups is 1. The van der Waals surface area contributed by atoms with Gasteiger partial charge in [-0.25, -0.2) is 0 Å². The van der Waals surface area contributed by atoms with E-state index in [9.17, 15) is 4.79 Å². The monoisotopic (exact) mass is 363 g/mol. The van der Waals surface area contributed by atoms with Gasteiger partial charge in [0.25, 0.3) is 5.91 Å². The number of benzene rings is 2. The first-order valence-electron chi connectivity index (χ1n) is 9.37. The standard InChI is InChI=1S/C22H25N3O2/c1-16-7-8-19-18(13-16)14-20(23-19)22(26)24(2)15-17-5-3-4-6-21(17)25-9-11-27-12-10-25/h3-8,13-14,23H,9-12,15H2,1-2H3. The number of hydrogen-bond donors (Lipinski definition) is 1. The predicted octanol–water partition coefficient (Wildman–Crippen LogP) is 3.59. The first-order chi connectivity index (χ1) is 13.1. The van der Waals surface area contributed by atoms with Crippen LogP contribution in [0.5, 0.6) is 0 Å². The van der Waals surface area contributed by atoms with Crippen LogP contribution >= 0.6 is 0 Å². The average molecular weight is 363 g/mol. The molecule has 27 heavy (non-hydrogen) atoms. The molecule has 1 N–H and O–H groups in total. The molecule has 5 heteroatoms. The summed E-state index contributed by atoms with van der Waals surface area (Å²) in [7, 11) is 1.86. The molecule has 0 atom stereocenters. The number of nitrogens with one attached hydrogen (secondary N) is 1. The second kappa shape index (κ2) is 7.45. The Balaban J connectivity index is 1.54. The number of hydrogen-bond acceptors (Lipinski definition) is 3. The number of H-pyrrole nitrogens is 1. The van der Waals surface area contributed by atoms with Gasteiger partial charge in [0.05, 0.1) is 13.2 Å². The fourth-order valence-electron chi connectivity index (χ4n) is 3.66. The normalized spacial score (nSPS) is 14.5. The van der Waals surface area contributed by atoms with Crippen LogP contribution in [0.15, 0.2) is 48.5 Å². The molecule has 1 aliphatic rings. The van der Waals surface area contributed by atoms with Gasteiger partial charge in [0.15, 0.2) is 0 Å². The van der Waals surface area contributed by atoms with E-state index >= 15 is 0 Å². The van der Waals surface area contributed by atoms with E-state index in [1.807, 2.05) is 25.2 Å². The number of aromatic amines is 1. The first kappa shape index (κ1) is 17.6. The fourth-order valence-corrected chi connectivity index (χ4v) is 3.66. The number of para-hydroxylation sites is 1. The zero-order valence-electron chi connectivity index (χ0n) is 15.9. The number of rotatable bonds is 4. The van der Waals surface area contributed by atoms with Gasteiger partial charge in [-0.2, -0.15) is 0 Å². The van der Waals surface area contributed by atoms with Gasteiger partial charge in [0, 0.05) is 43.3 Å². The maximum atomic E-state index is 13.0. The Morgan fingerprint density at radius 3 is 2.74 bits per heavy atom. The quantitative estimate of drug-likeness (QED) is 0.771. The Hall–Kier alpha value is -2.79. The van der Waals surface area contributed by atoms with Gasteiger partial charge in [-0.15, -0.1) is 0 Å². The Bertz CT molecular complexity index is 957. The van der Waals surface area contributed by atoms with E-state index in [4.69, 9.17) is 4.74 Å². The molecule has 1 aliphatic heterocycles. The van der Waals surface area contributed by atoms with Crippen LogP contribution in [0.25, 0.3) is 10.9 Å². The van der Waals surface area contributed by atoms with Gasteiger partial charge in [0.1, 0.15) is 5.69 Å². The molecule has 1 aromatic heterocycles. The van der Waals surface area contributed by atoms with Crippen molar-refractivity contribution in [3.8, 4) is 0 Å². The van der Waals surface area contributed by atoms with Crippen molar-refractivity contribution in [2.75, 3.05) is 38.3 Å². The molecule has 5 nitrogen and oxygen atoms in total. The third-order valence-corrected chi connectivity index (χ3v) is 5.10. The highest BCUT2D eigenvalue weighted by Crippen LogP contribution is 2.24. The van der Waals surface area contributed by atoms with Crippen molar-refractivity contribution in [1.29, 1.82) is 0 Å². The van der Waals surface area contributed by atoms with Gasteiger partial charge in [-0.3, -0.25) is 4.79 Å². The van der Waals surface area contributed by atoms with E-state index in [0.29, 0.717) is 12.2 Å². The largest absolute Gasteiger partial charge is 0.378 e. The van der Waals surface area contributed by atoms with Crippen molar-refractivity contribution < 1.29 is 9.53 Å². The molecular weight excluding hydrogens is 338 g/mol. The van der Waals surface area contributed by atoms with E-state index in [1.54, 1.807) is 4.90 Å². The van der Waals surface area contributed by atoms with Crippen LogP contribution in [-0.4, -0.2) is 49.1 Å². The fraction of sp³-hybridized carbons (Fsp3) is 0.318. The van der Waals surface area contributed by atoms with Crippen molar-refractivity contribution in [1.82, 2.24) is 9.88 Å². The molecule has 1 amide bonds. The van der Waals surface area contributed by atoms with Gasteiger partial charge in [-0.05, 0) is 36.8 Å². The summed E-state index contributed by atoms with van der Waals surface area (Å²) in [5, 5.41) is 1.07. The molecule has 3 aromatic rings. The number of carbonyl (C=O) groups excluding carboxylic acids is 1. The SMILES string of the molecule is Cc1ccc2[nH]c(C(=O)N(C)Cc3ccccc3N3CCOCC3)cc2c1. The summed E-state index contributed by atoms with van der Waals surface area (Å²) in [5.74, 6) is 0.000587. The first-order valence-corrected chi connectivity index (χ1v) is 9.37. The third-order valence-electron chi connectivity index (χ3n) is 5.10. The van der Waals surface area contributed by atoms with Crippen LogP contribution in [-0.2, 0) is 11.3 Å². The Morgan fingerprint density at radius 1 is 1.15 bits per heavy atom. The summed E-state index contributed by atoms with van der Waals surface area (Å²) in [6.07, 6.45) is 0. The van der Waals surface area contributed by atoms with Crippen LogP contribution in [0.1, 0.15) is 21.6 Å². The number of nitrogens with zero attached hydrogens (tertiary/aromatic N) is 2. The molecule has 0 aliphatic carbocycles. The lowest BCUT2D eigenvalue weighted by atomic mass is 10.1. The molecule has 0 unspecified atom stereocenters. The van der Waals surface area contributed by atoms with E-state index in [2.05, 4.69) is 47.1 Å². The van der Waals surface area contributed by atoms with Crippen molar-refractivity contribution >= 4 is 22.5 Å². The van der Waals surface area contributed by atoms with E-state index in [0.717, 1.165) is 42.8 Å². The summed E-state index contributed by atoms with van der Waals surface area (Å²) in [6.45, 7) is 5.89. The van der Waals surface area contributed by atoms with Crippen molar-refractivity contribution in [2.45, 2.75) is 13.5 Å². The van der Waals surface area contributed by atoms with Gasteiger partial charge in [-0.1, -0.05) is 29.8 Å². The van der Waals surface area contributed by atoms with Crippen LogP contribution in [0, 0.1) is 6.92 Å². The second-order valence-electron chi connectivity index (χ2n) is 7.16. The van der Waals surface area contributed by atoms with Crippen LogP contribution in [0.3, 0.4) is 0 Å². The number of aryl methyl sites for hydroxylation is 1. The van der Waals surface area contributed by atoms with Crippen molar-refractivity contribution in [3.63, 3.8) is 0 Å². The maximum absolute atomic E-state index is 13.0. The molecule has 0 bridgehead atoms. The minimum atomic E-state index is 0.000587. The van der Waals surface area contributed by atoms with Gasteiger partial charge < -0.3 is 19.5 Å². The van der Waals surface area contributed by atoms with Gasteiger partial charge in [0.2, 0.25) is 0 Å². The lowest BCUT2D eigenvalue weighted by molar-refractivity contribution is 0.0780. The Labute approximate surface area is 159 Å². The highest BCUT2D eigenvalue weighted by molar-refractivity contribution is 5.98. The average Bonchev–Trinajstić information content (AvgIpc) is 3.11. The zero-order valence-corrected chi connectivity index (χ0v) is 15.9. The van der Waals surface area contributed by atoms with Crippen LogP contribution in [0.4, 0.5) is 5.69 Å². The second-order valence-corrected chi connectivity index (χ2v) is 7.16. The van der Waals surface area contributed by atoms with Crippen LogP contribution < -0.4 is 4.90 Å². The summed E-state index contributed by atoms with van der Waals surface area (Å²) < 4.78 is 5.47. The smallest absolute Gasteiger partial charge is 0.270 e. The maximum Gasteiger partial charge on any atom is 0.270 e. The number of morpholine rings is 1. The molecule has 1 saturated heterocycles. The number of fused-ring (bicyclic) bond motifs is 1. The van der Waals surface area contributed by atoms with E-state index < -0.39 is 0 Å². The molecule has 2 heterocycles. The molecule has 0 spiro atoms. The molecule has 140 valence electrons. The summed E-state index contributed by atoms with van der Waals surface area (Å²) in [6, 6.07) is 16.4. The summed E-state index contributed by atoms with van der Waals surface area (Å²) in [4.78, 5) is 20.3. The lowest BCUT2D eigenvalue weighted by Gasteiger charge is -2.31. The Kier molecular flexibility index (Phi) is 4.86. The van der Waals surface area contributed by atoms with Crippen molar-refractivity contribution in [3.05, 3.63) is 65.4 Å². The zero-order chi connectivity index (χ0) is 18.8. The number of anilines is 1. The van der Waals surface area contributed by atoms with E-state index in [1.165, 1.54) is 11.3 Å². The number of ether oxygens (including phenoxy) is 1. The number of amides is 1. The highest BCUT2D eigenvalue weighted by Gasteiger charge is 2.19. The highest BCUT2D eigenvalue weighted by atomic mass is 16.5. The minimum Gasteiger partial charge on any atom is -0.378 e. The molecule has 1 fully saturated rings.